The van der Waals surface area contributed by atoms with Crippen molar-refractivity contribution in [3.8, 4) is 0 Å². The molecule has 3 aliphatic heterocycles. The Morgan fingerprint density at radius 2 is 2.09 bits per heavy atom. The molecule has 0 aromatic carbocycles. The maximum Gasteiger partial charge on any atom is 0.223 e. The topological polar surface area (TPSA) is 42.0 Å². The first-order valence-corrected chi connectivity index (χ1v) is 9.81. The molecule has 3 fully saturated rings. The van der Waals surface area contributed by atoms with E-state index >= 15 is 0 Å². The Morgan fingerprint density at radius 1 is 1.35 bits per heavy atom. The third-order valence-electron chi connectivity index (χ3n) is 5.17. The molecule has 132 valence electrons. The summed E-state index contributed by atoms with van der Waals surface area (Å²) in [6.45, 7) is 5.34. The smallest absolute Gasteiger partial charge is 0.223 e. The van der Waals surface area contributed by atoms with Gasteiger partial charge in [-0.2, -0.15) is 0 Å². The molecule has 1 unspecified atom stereocenters. The van der Waals surface area contributed by atoms with Crippen LogP contribution in [0, 0.1) is 5.92 Å². The number of nitrogens with zero attached hydrogens (tertiary/aromatic N) is 2. The van der Waals surface area contributed by atoms with E-state index in [2.05, 4.69) is 4.90 Å². The van der Waals surface area contributed by atoms with Gasteiger partial charge in [0.2, 0.25) is 5.91 Å². The van der Waals surface area contributed by atoms with Crippen molar-refractivity contribution in [3.63, 3.8) is 0 Å². The monoisotopic (exact) mass is 342 g/mol. The number of amides is 1. The molecule has 0 bridgehead atoms. The SMILES string of the molecule is CN(C)CCC(=O)N1CC2(CC(OCC3CCOCC3)CS2)C1. The van der Waals surface area contributed by atoms with Crippen molar-refractivity contribution in [1.82, 2.24) is 9.80 Å². The zero-order valence-electron chi connectivity index (χ0n) is 14.5. The van der Waals surface area contributed by atoms with Gasteiger partial charge in [-0.1, -0.05) is 0 Å². The fourth-order valence-corrected chi connectivity index (χ4v) is 5.17. The Bertz CT molecular complexity index is 407. The molecule has 1 amide bonds. The summed E-state index contributed by atoms with van der Waals surface area (Å²) in [4.78, 5) is 16.2. The van der Waals surface area contributed by atoms with Gasteiger partial charge in [-0.05, 0) is 39.3 Å². The van der Waals surface area contributed by atoms with Crippen LogP contribution in [0.4, 0.5) is 0 Å². The lowest BCUT2D eigenvalue weighted by Crippen LogP contribution is -2.61. The first kappa shape index (κ1) is 17.5. The van der Waals surface area contributed by atoms with Gasteiger partial charge in [0.05, 0.1) is 10.9 Å². The Labute approximate surface area is 144 Å². The van der Waals surface area contributed by atoms with Gasteiger partial charge in [0.15, 0.2) is 0 Å². The molecule has 0 saturated carbocycles. The molecule has 0 radical (unpaired) electrons. The Morgan fingerprint density at radius 3 is 2.78 bits per heavy atom. The number of likely N-dealkylation sites (tertiary alicyclic amines) is 1. The van der Waals surface area contributed by atoms with Crippen LogP contribution in [0.1, 0.15) is 25.7 Å². The second kappa shape index (κ2) is 7.72. The molecule has 1 atom stereocenters. The second-order valence-corrected chi connectivity index (χ2v) is 9.00. The van der Waals surface area contributed by atoms with Crippen LogP contribution in [0.25, 0.3) is 0 Å². The fraction of sp³-hybridized carbons (Fsp3) is 0.941. The molecule has 3 aliphatic rings. The summed E-state index contributed by atoms with van der Waals surface area (Å²) >= 11 is 2.02. The minimum absolute atomic E-state index is 0.286. The molecule has 3 heterocycles. The Hall–Kier alpha value is -0.300. The van der Waals surface area contributed by atoms with Crippen LogP contribution < -0.4 is 0 Å². The number of thioether (sulfide) groups is 1. The molecule has 0 aromatic heterocycles. The van der Waals surface area contributed by atoms with Crippen LogP contribution in [0.15, 0.2) is 0 Å². The highest BCUT2D eigenvalue weighted by Crippen LogP contribution is 2.46. The van der Waals surface area contributed by atoms with Gasteiger partial charge >= 0.3 is 0 Å². The third-order valence-corrected chi connectivity index (χ3v) is 6.74. The van der Waals surface area contributed by atoms with Gasteiger partial charge in [-0.3, -0.25) is 4.79 Å². The fourth-order valence-electron chi connectivity index (χ4n) is 3.62. The van der Waals surface area contributed by atoms with Crippen LogP contribution in [-0.4, -0.2) is 85.9 Å². The minimum atomic E-state index is 0.286. The van der Waals surface area contributed by atoms with E-state index in [0.29, 0.717) is 24.3 Å². The third kappa shape index (κ3) is 4.62. The first-order valence-electron chi connectivity index (χ1n) is 8.82. The summed E-state index contributed by atoms with van der Waals surface area (Å²) in [7, 11) is 4.02. The molecule has 3 saturated heterocycles. The van der Waals surface area contributed by atoms with E-state index in [9.17, 15) is 4.79 Å². The molecular formula is C17H30N2O3S. The lowest BCUT2D eigenvalue weighted by atomic mass is 9.92. The van der Waals surface area contributed by atoms with Crippen LogP contribution in [0.5, 0.6) is 0 Å². The van der Waals surface area contributed by atoms with Crippen LogP contribution in [0.3, 0.4) is 0 Å². The van der Waals surface area contributed by atoms with E-state index in [1.165, 1.54) is 0 Å². The number of ether oxygens (including phenoxy) is 2. The normalized spacial score (nSPS) is 27.6. The Kier molecular flexibility index (Phi) is 5.88. The molecule has 0 aromatic rings. The van der Waals surface area contributed by atoms with Crippen LogP contribution >= 0.6 is 11.8 Å². The van der Waals surface area contributed by atoms with Crippen molar-refractivity contribution >= 4 is 17.7 Å². The lowest BCUT2D eigenvalue weighted by Gasteiger charge is -2.47. The maximum absolute atomic E-state index is 12.1. The molecule has 23 heavy (non-hydrogen) atoms. The molecule has 6 heteroatoms. The van der Waals surface area contributed by atoms with Crippen LogP contribution in [-0.2, 0) is 14.3 Å². The summed E-state index contributed by atoms with van der Waals surface area (Å²) in [5.74, 6) is 2.07. The van der Waals surface area contributed by atoms with Gasteiger partial charge in [-0.15, -0.1) is 11.8 Å². The van der Waals surface area contributed by atoms with Crippen molar-refractivity contribution in [2.24, 2.45) is 5.92 Å². The van der Waals surface area contributed by atoms with E-state index in [1.54, 1.807) is 0 Å². The van der Waals surface area contributed by atoms with E-state index in [-0.39, 0.29) is 4.75 Å². The average molecular weight is 343 g/mol. The number of hydrogen-bond donors (Lipinski definition) is 0. The zero-order chi connectivity index (χ0) is 16.3. The van der Waals surface area contributed by atoms with Crippen molar-refractivity contribution < 1.29 is 14.3 Å². The molecule has 3 rings (SSSR count). The van der Waals surface area contributed by atoms with E-state index < -0.39 is 0 Å². The van der Waals surface area contributed by atoms with Crippen molar-refractivity contribution in [3.05, 3.63) is 0 Å². The van der Waals surface area contributed by atoms with Gasteiger partial charge in [0.1, 0.15) is 0 Å². The average Bonchev–Trinajstić information content (AvgIpc) is 2.95. The molecular weight excluding hydrogens is 312 g/mol. The number of carbonyl (C=O) groups is 1. The summed E-state index contributed by atoms with van der Waals surface area (Å²) in [5, 5.41) is 0. The second-order valence-electron chi connectivity index (χ2n) is 7.51. The van der Waals surface area contributed by atoms with E-state index in [0.717, 1.165) is 64.5 Å². The van der Waals surface area contributed by atoms with E-state index in [1.807, 2.05) is 30.8 Å². The summed E-state index contributed by atoms with van der Waals surface area (Å²) in [5.41, 5.74) is 0. The summed E-state index contributed by atoms with van der Waals surface area (Å²) in [6.07, 6.45) is 4.40. The standard InChI is InChI=1S/C17H30N2O3S/c1-18(2)6-3-16(20)19-12-17(13-19)9-15(11-23-17)22-10-14-4-7-21-8-5-14/h14-15H,3-13H2,1-2H3. The largest absolute Gasteiger partial charge is 0.381 e. The van der Waals surface area contributed by atoms with Gasteiger partial charge in [0, 0.05) is 51.6 Å². The Balaban J connectivity index is 1.35. The lowest BCUT2D eigenvalue weighted by molar-refractivity contribution is -0.137. The summed E-state index contributed by atoms with van der Waals surface area (Å²) in [6, 6.07) is 0. The predicted octanol–water partition coefficient (Wildman–Crippen LogP) is 1.47. The van der Waals surface area contributed by atoms with Crippen LogP contribution in [0.2, 0.25) is 0 Å². The molecule has 0 N–H and O–H groups in total. The van der Waals surface area contributed by atoms with Crippen molar-refractivity contribution in [2.75, 3.05) is 59.3 Å². The van der Waals surface area contributed by atoms with Crippen molar-refractivity contribution in [2.45, 2.75) is 36.5 Å². The molecule has 0 aliphatic carbocycles. The van der Waals surface area contributed by atoms with E-state index in [4.69, 9.17) is 9.47 Å². The van der Waals surface area contributed by atoms with Gasteiger partial charge in [0.25, 0.3) is 0 Å². The quantitative estimate of drug-likeness (QED) is 0.731. The van der Waals surface area contributed by atoms with Crippen molar-refractivity contribution in [1.29, 1.82) is 0 Å². The minimum Gasteiger partial charge on any atom is -0.381 e. The molecule has 5 nitrogen and oxygen atoms in total. The van der Waals surface area contributed by atoms with Gasteiger partial charge in [-0.25, -0.2) is 0 Å². The van der Waals surface area contributed by atoms with Gasteiger partial charge < -0.3 is 19.3 Å². The predicted molar refractivity (Wildman–Crippen MR) is 92.8 cm³/mol. The highest BCUT2D eigenvalue weighted by molar-refractivity contribution is 8.01. The molecule has 1 spiro atoms. The number of carbonyl (C=O) groups excluding carboxylic acids is 1. The summed E-state index contributed by atoms with van der Waals surface area (Å²) < 4.78 is 11.8. The highest BCUT2D eigenvalue weighted by atomic mass is 32.2. The first-order chi connectivity index (χ1) is 11.1. The maximum atomic E-state index is 12.1. The number of rotatable bonds is 6. The zero-order valence-corrected chi connectivity index (χ0v) is 15.3. The highest BCUT2D eigenvalue weighted by Gasteiger charge is 2.50. The number of hydrogen-bond acceptors (Lipinski definition) is 5.